The van der Waals surface area contributed by atoms with Gasteiger partial charge in [-0.2, -0.15) is 0 Å². The topological polar surface area (TPSA) is 12.0 Å². The summed E-state index contributed by atoms with van der Waals surface area (Å²) in [6, 6.07) is 7.56. The Balaban J connectivity index is 1.78. The molecule has 1 aliphatic rings. The molecule has 5 heteroatoms. The Labute approximate surface area is 129 Å². The Bertz CT molecular complexity index is 687. The standard InChI is InChI=1S/C16H13BrF3N/c17-11-3-1-10-6-12(4-2-9(10)5-11)21-16-8-14(19)13(18)7-15(16)20/h1,3,5,7-8,12,21H,2,4,6H2. The molecule has 0 fully saturated rings. The fraction of sp³-hybridized carbons (Fsp3) is 0.250. The monoisotopic (exact) mass is 355 g/mol. The molecule has 0 bridgehead atoms. The molecule has 1 unspecified atom stereocenters. The van der Waals surface area contributed by atoms with Crippen molar-refractivity contribution < 1.29 is 13.2 Å². The lowest BCUT2D eigenvalue weighted by atomic mass is 9.88. The summed E-state index contributed by atoms with van der Waals surface area (Å²) in [5.41, 5.74) is 2.48. The second-order valence-electron chi connectivity index (χ2n) is 5.24. The summed E-state index contributed by atoms with van der Waals surface area (Å²) >= 11 is 3.44. The highest BCUT2D eigenvalue weighted by atomic mass is 79.9. The second kappa shape index (κ2) is 5.72. The van der Waals surface area contributed by atoms with E-state index in [-0.39, 0.29) is 11.7 Å². The predicted octanol–water partition coefficient (Wildman–Crippen LogP) is 4.84. The summed E-state index contributed by atoms with van der Waals surface area (Å²) in [5, 5.41) is 2.98. The van der Waals surface area contributed by atoms with Gasteiger partial charge >= 0.3 is 0 Å². The number of halogens is 4. The van der Waals surface area contributed by atoms with Gasteiger partial charge in [0.1, 0.15) is 5.82 Å². The van der Waals surface area contributed by atoms with E-state index in [0.717, 1.165) is 29.8 Å². The van der Waals surface area contributed by atoms with Crippen LogP contribution in [0.4, 0.5) is 18.9 Å². The summed E-state index contributed by atoms with van der Waals surface area (Å²) < 4.78 is 40.8. The Morgan fingerprint density at radius 2 is 1.71 bits per heavy atom. The van der Waals surface area contributed by atoms with Crippen LogP contribution in [0.15, 0.2) is 34.8 Å². The molecule has 1 atom stereocenters. The minimum absolute atomic E-state index is 0.0121. The van der Waals surface area contributed by atoms with Crippen molar-refractivity contribution in [3.63, 3.8) is 0 Å². The molecule has 2 aromatic rings. The molecule has 2 aromatic carbocycles. The first-order valence-corrected chi connectivity index (χ1v) is 7.50. The van der Waals surface area contributed by atoms with Crippen LogP contribution in [-0.2, 0) is 12.8 Å². The van der Waals surface area contributed by atoms with Gasteiger partial charge in [-0.1, -0.05) is 22.0 Å². The van der Waals surface area contributed by atoms with E-state index in [4.69, 9.17) is 0 Å². The van der Waals surface area contributed by atoms with E-state index in [0.29, 0.717) is 6.07 Å². The van der Waals surface area contributed by atoms with Crippen molar-refractivity contribution in [2.75, 3.05) is 5.32 Å². The average molecular weight is 356 g/mol. The molecule has 3 rings (SSSR count). The normalized spacial score (nSPS) is 17.4. The van der Waals surface area contributed by atoms with Crippen molar-refractivity contribution in [1.82, 2.24) is 0 Å². The molecule has 0 spiro atoms. The molecular formula is C16H13BrF3N. The predicted molar refractivity (Wildman–Crippen MR) is 79.9 cm³/mol. The molecule has 1 N–H and O–H groups in total. The first-order chi connectivity index (χ1) is 10.0. The first-order valence-electron chi connectivity index (χ1n) is 6.71. The van der Waals surface area contributed by atoms with Gasteiger partial charge in [-0.15, -0.1) is 0 Å². The van der Waals surface area contributed by atoms with Crippen molar-refractivity contribution in [2.24, 2.45) is 0 Å². The average Bonchev–Trinajstić information content (AvgIpc) is 2.45. The summed E-state index contributed by atoms with van der Waals surface area (Å²) in [4.78, 5) is 0. The third kappa shape index (κ3) is 3.07. The van der Waals surface area contributed by atoms with Crippen LogP contribution in [0.25, 0.3) is 0 Å². The molecule has 0 heterocycles. The number of rotatable bonds is 2. The van der Waals surface area contributed by atoms with Crippen LogP contribution in [0.5, 0.6) is 0 Å². The van der Waals surface area contributed by atoms with Crippen molar-refractivity contribution in [1.29, 1.82) is 0 Å². The number of nitrogens with one attached hydrogen (secondary N) is 1. The Kier molecular flexibility index (Phi) is 3.93. The van der Waals surface area contributed by atoms with E-state index in [9.17, 15) is 13.2 Å². The number of hydrogen-bond acceptors (Lipinski definition) is 1. The van der Waals surface area contributed by atoms with Crippen molar-refractivity contribution in [3.05, 3.63) is 63.4 Å². The zero-order valence-electron chi connectivity index (χ0n) is 11.1. The molecule has 0 aliphatic heterocycles. The summed E-state index contributed by atoms with van der Waals surface area (Å²) in [6.45, 7) is 0. The van der Waals surface area contributed by atoms with Crippen LogP contribution < -0.4 is 5.32 Å². The highest BCUT2D eigenvalue weighted by Crippen LogP contribution is 2.27. The lowest BCUT2D eigenvalue weighted by molar-refractivity contribution is 0.494. The van der Waals surface area contributed by atoms with Gasteiger partial charge in [-0.3, -0.25) is 0 Å². The second-order valence-corrected chi connectivity index (χ2v) is 6.16. The van der Waals surface area contributed by atoms with E-state index in [1.165, 1.54) is 11.1 Å². The van der Waals surface area contributed by atoms with Gasteiger partial charge in [-0.25, -0.2) is 13.2 Å². The molecule has 1 nitrogen and oxygen atoms in total. The van der Waals surface area contributed by atoms with Gasteiger partial charge in [0.25, 0.3) is 0 Å². The zero-order valence-corrected chi connectivity index (χ0v) is 12.7. The van der Waals surface area contributed by atoms with Crippen LogP contribution in [0.3, 0.4) is 0 Å². The third-order valence-electron chi connectivity index (χ3n) is 3.77. The van der Waals surface area contributed by atoms with E-state index >= 15 is 0 Å². The molecule has 21 heavy (non-hydrogen) atoms. The van der Waals surface area contributed by atoms with Gasteiger partial charge in [0, 0.05) is 22.6 Å². The highest BCUT2D eigenvalue weighted by molar-refractivity contribution is 9.10. The van der Waals surface area contributed by atoms with Crippen LogP contribution in [-0.4, -0.2) is 6.04 Å². The molecule has 0 saturated carbocycles. The number of aryl methyl sites for hydroxylation is 1. The maximum absolute atomic E-state index is 13.7. The molecule has 1 aliphatic carbocycles. The van der Waals surface area contributed by atoms with E-state index in [1.807, 2.05) is 12.1 Å². The van der Waals surface area contributed by atoms with Gasteiger partial charge in [-0.05, 0) is 42.5 Å². The van der Waals surface area contributed by atoms with Crippen molar-refractivity contribution in [2.45, 2.75) is 25.3 Å². The summed E-state index contributed by atoms with van der Waals surface area (Å²) in [5.74, 6) is -2.98. The van der Waals surface area contributed by atoms with E-state index < -0.39 is 17.5 Å². The van der Waals surface area contributed by atoms with Gasteiger partial charge < -0.3 is 5.32 Å². The highest BCUT2D eigenvalue weighted by Gasteiger charge is 2.20. The van der Waals surface area contributed by atoms with E-state index in [2.05, 4.69) is 27.3 Å². The maximum atomic E-state index is 13.7. The summed E-state index contributed by atoms with van der Waals surface area (Å²) in [6.07, 6.45) is 2.43. The molecular weight excluding hydrogens is 343 g/mol. The number of hydrogen-bond donors (Lipinski definition) is 1. The third-order valence-corrected chi connectivity index (χ3v) is 4.26. The molecule has 110 valence electrons. The van der Waals surface area contributed by atoms with Gasteiger partial charge in [0.15, 0.2) is 11.6 Å². The van der Waals surface area contributed by atoms with Crippen LogP contribution in [0, 0.1) is 17.5 Å². The van der Waals surface area contributed by atoms with Crippen LogP contribution >= 0.6 is 15.9 Å². The van der Waals surface area contributed by atoms with Gasteiger partial charge in [0.05, 0.1) is 5.69 Å². The quantitative estimate of drug-likeness (QED) is 0.760. The van der Waals surface area contributed by atoms with Crippen LogP contribution in [0.1, 0.15) is 17.5 Å². The lowest BCUT2D eigenvalue weighted by Gasteiger charge is -2.26. The first kappa shape index (κ1) is 14.4. The molecule has 0 amide bonds. The minimum atomic E-state index is -1.17. The SMILES string of the molecule is Fc1cc(F)c(NC2CCc3cc(Br)ccc3C2)cc1F. The Morgan fingerprint density at radius 3 is 2.52 bits per heavy atom. The fourth-order valence-electron chi connectivity index (χ4n) is 2.70. The Morgan fingerprint density at radius 1 is 0.952 bits per heavy atom. The number of anilines is 1. The maximum Gasteiger partial charge on any atom is 0.161 e. The zero-order chi connectivity index (χ0) is 15.0. The van der Waals surface area contributed by atoms with Crippen molar-refractivity contribution >= 4 is 21.6 Å². The lowest BCUT2D eigenvalue weighted by Crippen LogP contribution is -2.27. The number of fused-ring (bicyclic) bond motifs is 1. The van der Waals surface area contributed by atoms with E-state index in [1.54, 1.807) is 0 Å². The Hall–Kier alpha value is -1.49. The fourth-order valence-corrected chi connectivity index (χ4v) is 3.11. The van der Waals surface area contributed by atoms with Crippen molar-refractivity contribution in [3.8, 4) is 0 Å². The smallest absolute Gasteiger partial charge is 0.161 e. The number of benzene rings is 2. The summed E-state index contributed by atoms with van der Waals surface area (Å²) in [7, 11) is 0. The van der Waals surface area contributed by atoms with Crippen LogP contribution in [0.2, 0.25) is 0 Å². The molecule has 0 radical (unpaired) electrons. The van der Waals surface area contributed by atoms with Gasteiger partial charge in [0.2, 0.25) is 0 Å². The molecule has 0 aromatic heterocycles. The minimum Gasteiger partial charge on any atom is -0.380 e. The molecule has 0 saturated heterocycles. The largest absolute Gasteiger partial charge is 0.380 e.